The summed E-state index contributed by atoms with van der Waals surface area (Å²) in [7, 11) is -1.30. The molecule has 2 heterocycles. The summed E-state index contributed by atoms with van der Waals surface area (Å²) in [6, 6.07) is 7.99. The molecule has 0 bridgehead atoms. The van der Waals surface area contributed by atoms with Gasteiger partial charge in [0.25, 0.3) is 0 Å². The highest BCUT2D eigenvalue weighted by Crippen LogP contribution is 2.48. The van der Waals surface area contributed by atoms with Crippen LogP contribution in [0.2, 0.25) is 0 Å². The molecule has 2 fully saturated rings. The van der Waals surface area contributed by atoms with Gasteiger partial charge in [-0.25, -0.2) is 17.7 Å². The van der Waals surface area contributed by atoms with E-state index in [1.165, 1.54) is 17.0 Å². The van der Waals surface area contributed by atoms with Crippen LogP contribution in [-0.2, 0) is 28.3 Å². The van der Waals surface area contributed by atoms with Crippen LogP contribution in [0.5, 0.6) is 0 Å². The van der Waals surface area contributed by atoms with Gasteiger partial charge in [-0.1, -0.05) is 31.4 Å². The molecule has 2 aromatic rings. The van der Waals surface area contributed by atoms with Gasteiger partial charge < -0.3 is 9.88 Å². The standard InChI is InChI=1S/C21H30N4O3S/c1-24-18-9-5-4-8-17(18)23-19(24)10-13-22-20(26)16-14-25(29(2,27)28)15-21(16)11-6-3-7-12-21/h4-5,8-9,16H,3,6-7,10-15H2,1-2H3,(H,22,26). The predicted octanol–water partition coefficient (Wildman–Crippen LogP) is 2.07. The maximum Gasteiger partial charge on any atom is 0.225 e. The number of hydrogen-bond acceptors (Lipinski definition) is 4. The molecule has 1 amide bonds. The summed E-state index contributed by atoms with van der Waals surface area (Å²) in [5.74, 6) is 0.651. The third-order valence-electron chi connectivity index (χ3n) is 6.78. The number of fused-ring (bicyclic) bond motifs is 1. The molecule has 1 N–H and O–H groups in total. The number of aromatic nitrogens is 2. The number of aryl methyl sites for hydroxylation is 1. The van der Waals surface area contributed by atoms with Crippen LogP contribution in [-0.4, -0.2) is 54.1 Å². The van der Waals surface area contributed by atoms with Crippen molar-refractivity contribution in [1.29, 1.82) is 0 Å². The summed E-state index contributed by atoms with van der Waals surface area (Å²) in [6.07, 6.45) is 7.07. The number of hydrogen-bond donors (Lipinski definition) is 1. The lowest BCUT2D eigenvalue weighted by molar-refractivity contribution is -0.128. The zero-order chi connectivity index (χ0) is 20.6. The molecule has 1 aromatic carbocycles. The number of rotatable bonds is 5. The maximum absolute atomic E-state index is 13.1. The zero-order valence-electron chi connectivity index (χ0n) is 17.2. The van der Waals surface area contributed by atoms with Gasteiger partial charge >= 0.3 is 0 Å². The summed E-state index contributed by atoms with van der Waals surface area (Å²) in [6.45, 7) is 1.28. The van der Waals surface area contributed by atoms with E-state index in [2.05, 4.69) is 14.9 Å². The van der Waals surface area contributed by atoms with Crippen molar-refractivity contribution in [3.63, 3.8) is 0 Å². The molecule has 29 heavy (non-hydrogen) atoms. The van der Waals surface area contributed by atoms with Crippen LogP contribution in [0.1, 0.15) is 37.9 Å². The number of carbonyl (C=O) groups excluding carboxylic acids is 1. The molecule has 1 unspecified atom stereocenters. The lowest BCUT2D eigenvalue weighted by Crippen LogP contribution is -2.43. The minimum atomic E-state index is -3.29. The van der Waals surface area contributed by atoms with Crippen LogP contribution < -0.4 is 5.32 Å². The molecular formula is C21H30N4O3S. The van der Waals surface area contributed by atoms with E-state index >= 15 is 0 Å². The molecule has 7 nitrogen and oxygen atoms in total. The highest BCUT2D eigenvalue weighted by molar-refractivity contribution is 7.88. The van der Waals surface area contributed by atoms with E-state index in [1.54, 1.807) is 0 Å². The number of benzene rings is 1. The fraction of sp³-hybridized carbons (Fsp3) is 0.619. The Bertz CT molecular complexity index is 1010. The van der Waals surface area contributed by atoms with Crippen LogP contribution in [0.4, 0.5) is 0 Å². The highest BCUT2D eigenvalue weighted by Gasteiger charge is 2.52. The molecule has 1 saturated carbocycles. The third kappa shape index (κ3) is 3.92. The number of sulfonamides is 1. The Labute approximate surface area is 172 Å². The van der Waals surface area contributed by atoms with Gasteiger partial charge in [0.15, 0.2) is 0 Å². The molecule has 1 aliphatic heterocycles. The molecular weight excluding hydrogens is 388 g/mol. The van der Waals surface area contributed by atoms with E-state index in [4.69, 9.17) is 0 Å². The van der Waals surface area contributed by atoms with Crippen LogP contribution >= 0.6 is 0 Å². The lowest BCUT2D eigenvalue weighted by Gasteiger charge is -2.37. The highest BCUT2D eigenvalue weighted by atomic mass is 32.2. The van der Waals surface area contributed by atoms with E-state index < -0.39 is 10.0 Å². The number of amides is 1. The van der Waals surface area contributed by atoms with Crippen LogP contribution in [0, 0.1) is 11.3 Å². The average Bonchev–Trinajstić information content (AvgIpc) is 3.21. The Kier molecular flexibility index (Phi) is 5.42. The molecule has 158 valence electrons. The van der Waals surface area contributed by atoms with E-state index in [0.717, 1.165) is 42.5 Å². The first-order chi connectivity index (χ1) is 13.8. The van der Waals surface area contributed by atoms with Crippen molar-refractivity contribution in [3.05, 3.63) is 30.1 Å². The van der Waals surface area contributed by atoms with E-state index in [1.807, 2.05) is 31.3 Å². The Morgan fingerprint density at radius 1 is 1.24 bits per heavy atom. The molecule has 1 spiro atoms. The fourth-order valence-electron chi connectivity index (χ4n) is 5.14. The van der Waals surface area contributed by atoms with Crippen molar-refractivity contribution < 1.29 is 13.2 Å². The van der Waals surface area contributed by atoms with Crippen molar-refractivity contribution in [2.45, 2.75) is 38.5 Å². The SMILES string of the molecule is Cn1c(CCNC(=O)C2CN(S(C)(=O)=O)CC23CCCCC3)nc2ccccc21. The first kappa shape index (κ1) is 20.3. The van der Waals surface area contributed by atoms with Crippen molar-refractivity contribution >= 4 is 27.0 Å². The molecule has 0 radical (unpaired) electrons. The minimum Gasteiger partial charge on any atom is -0.355 e. The van der Waals surface area contributed by atoms with Crippen LogP contribution in [0.15, 0.2) is 24.3 Å². The largest absolute Gasteiger partial charge is 0.355 e. The fourth-order valence-corrected chi connectivity index (χ4v) is 6.05. The van der Waals surface area contributed by atoms with Crippen molar-refractivity contribution in [3.8, 4) is 0 Å². The Balaban J connectivity index is 1.44. The minimum absolute atomic E-state index is 0.0168. The average molecular weight is 419 g/mol. The molecule has 1 atom stereocenters. The van der Waals surface area contributed by atoms with Crippen molar-refractivity contribution in [2.24, 2.45) is 18.4 Å². The number of para-hydroxylation sites is 2. The maximum atomic E-state index is 13.1. The van der Waals surface area contributed by atoms with Gasteiger partial charge in [-0.15, -0.1) is 0 Å². The number of nitrogens with zero attached hydrogens (tertiary/aromatic N) is 3. The molecule has 4 rings (SSSR count). The normalized spacial score (nSPS) is 22.3. The molecule has 1 aliphatic carbocycles. The third-order valence-corrected chi connectivity index (χ3v) is 8.00. The van der Waals surface area contributed by atoms with Crippen LogP contribution in [0.3, 0.4) is 0 Å². The van der Waals surface area contributed by atoms with Crippen LogP contribution in [0.25, 0.3) is 11.0 Å². The van der Waals surface area contributed by atoms with Crippen molar-refractivity contribution in [2.75, 3.05) is 25.9 Å². The summed E-state index contributed by atoms with van der Waals surface area (Å²) in [4.78, 5) is 17.7. The van der Waals surface area contributed by atoms with Gasteiger partial charge in [0.2, 0.25) is 15.9 Å². The Morgan fingerprint density at radius 3 is 2.66 bits per heavy atom. The number of carbonyl (C=O) groups is 1. The summed E-state index contributed by atoms with van der Waals surface area (Å²) in [5, 5.41) is 3.07. The topological polar surface area (TPSA) is 84.3 Å². The van der Waals surface area contributed by atoms with Gasteiger partial charge in [0.1, 0.15) is 5.82 Å². The molecule has 8 heteroatoms. The molecule has 1 saturated heterocycles. The molecule has 1 aromatic heterocycles. The van der Waals surface area contributed by atoms with Gasteiger partial charge in [0, 0.05) is 33.1 Å². The quantitative estimate of drug-likeness (QED) is 0.806. The van der Waals surface area contributed by atoms with E-state index in [0.29, 0.717) is 26.1 Å². The zero-order valence-corrected chi connectivity index (χ0v) is 18.0. The first-order valence-corrected chi connectivity index (χ1v) is 12.3. The number of nitrogens with one attached hydrogen (secondary N) is 1. The van der Waals surface area contributed by atoms with E-state index in [-0.39, 0.29) is 17.2 Å². The first-order valence-electron chi connectivity index (χ1n) is 10.4. The predicted molar refractivity (Wildman–Crippen MR) is 113 cm³/mol. The second-order valence-electron chi connectivity index (χ2n) is 8.65. The van der Waals surface area contributed by atoms with Crippen molar-refractivity contribution in [1.82, 2.24) is 19.2 Å². The van der Waals surface area contributed by atoms with Gasteiger partial charge in [-0.3, -0.25) is 4.79 Å². The summed E-state index contributed by atoms with van der Waals surface area (Å²) >= 11 is 0. The summed E-state index contributed by atoms with van der Waals surface area (Å²) in [5.41, 5.74) is 1.83. The lowest BCUT2D eigenvalue weighted by atomic mass is 9.67. The monoisotopic (exact) mass is 418 g/mol. The van der Waals surface area contributed by atoms with E-state index in [9.17, 15) is 13.2 Å². The number of imidazole rings is 1. The second-order valence-corrected chi connectivity index (χ2v) is 10.6. The Morgan fingerprint density at radius 2 is 1.97 bits per heavy atom. The Hall–Kier alpha value is -1.93. The second kappa shape index (κ2) is 7.72. The summed E-state index contributed by atoms with van der Waals surface area (Å²) < 4.78 is 27.8. The van der Waals surface area contributed by atoms with Gasteiger partial charge in [0.05, 0.1) is 23.2 Å². The molecule has 2 aliphatic rings. The smallest absolute Gasteiger partial charge is 0.225 e. The van der Waals surface area contributed by atoms with Gasteiger partial charge in [-0.2, -0.15) is 0 Å². The van der Waals surface area contributed by atoms with Gasteiger partial charge in [-0.05, 0) is 30.4 Å².